The van der Waals surface area contributed by atoms with Gasteiger partial charge in [0.25, 0.3) is 0 Å². The third-order valence-corrected chi connectivity index (χ3v) is 7.49. The van der Waals surface area contributed by atoms with Crippen LogP contribution in [0.5, 0.6) is 0 Å². The molecule has 3 aliphatic rings. The Morgan fingerprint density at radius 2 is 1.97 bits per heavy atom. The molecule has 0 spiro atoms. The summed E-state index contributed by atoms with van der Waals surface area (Å²) >= 11 is 0. The SMILES string of the molecule is C[C@]12Cc3cnn(-c4ccc(F)cc4)c3C=C1CC[C@H]1C2=CC[C@@H](C(F)(F)F)[C@@H]1C(N)=O. The van der Waals surface area contributed by atoms with Crippen LogP contribution in [0.1, 0.15) is 37.4 Å². The zero-order chi connectivity index (χ0) is 22.8. The smallest absolute Gasteiger partial charge is 0.369 e. The predicted octanol–water partition coefficient (Wildman–Crippen LogP) is 4.98. The summed E-state index contributed by atoms with van der Waals surface area (Å²) < 4.78 is 56.0. The first kappa shape index (κ1) is 21.0. The van der Waals surface area contributed by atoms with Crippen LogP contribution in [0, 0.1) is 29.0 Å². The summed E-state index contributed by atoms with van der Waals surface area (Å²) in [5.41, 5.74) is 9.64. The highest BCUT2D eigenvalue weighted by Gasteiger charge is 2.55. The number of halogens is 4. The molecule has 0 unspecified atom stereocenters. The van der Waals surface area contributed by atoms with E-state index in [0.29, 0.717) is 19.3 Å². The van der Waals surface area contributed by atoms with E-state index in [-0.39, 0.29) is 12.2 Å². The molecule has 32 heavy (non-hydrogen) atoms. The van der Waals surface area contributed by atoms with Gasteiger partial charge >= 0.3 is 6.18 Å². The molecule has 0 saturated heterocycles. The number of alkyl halides is 3. The Labute approximate surface area is 182 Å². The van der Waals surface area contributed by atoms with E-state index in [1.54, 1.807) is 29.1 Å². The topological polar surface area (TPSA) is 60.9 Å². The van der Waals surface area contributed by atoms with Gasteiger partial charge in [-0.15, -0.1) is 0 Å². The Kier molecular flexibility index (Phi) is 4.62. The zero-order valence-corrected chi connectivity index (χ0v) is 17.5. The molecule has 8 heteroatoms. The van der Waals surface area contributed by atoms with Crippen LogP contribution in [-0.4, -0.2) is 21.9 Å². The lowest BCUT2D eigenvalue weighted by Gasteiger charge is -2.50. The first-order chi connectivity index (χ1) is 15.1. The van der Waals surface area contributed by atoms with E-state index in [1.807, 2.05) is 6.92 Å². The molecule has 1 amide bonds. The zero-order valence-electron chi connectivity index (χ0n) is 17.5. The van der Waals surface area contributed by atoms with Gasteiger partial charge in [-0.25, -0.2) is 9.07 Å². The van der Waals surface area contributed by atoms with Crippen molar-refractivity contribution in [2.75, 3.05) is 0 Å². The summed E-state index contributed by atoms with van der Waals surface area (Å²) in [6.07, 6.45) is 2.44. The van der Waals surface area contributed by atoms with Crippen molar-refractivity contribution >= 4 is 12.0 Å². The van der Waals surface area contributed by atoms with Gasteiger partial charge < -0.3 is 5.73 Å². The highest BCUT2D eigenvalue weighted by molar-refractivity contribution is 5.79. The number of hydrogen-bond acceptors (Lipinski definition) is 2. The van der Waals surface area contributed by atoms with Crippen LogP contribution in [-0.2, 0) is 11.2 Å². The van der Waals surface area contributed by atoms with Crippen molar-refractivity contribution in [3.63, 3.8) is 0 Å². The van der Waals surface area contributed by atoms with Crippen LogP contribution in [0.2, 0.25) is 0 Å². The molecule has 1 saturated carbocycles. The molecule has 3 aliphatic carbocycles. The van der Waals surface area contributed by atoms with E-state index in [0.717, 1.165) is 28.1 Å². The van der Waals surface area contributed by atoms with Gasteiger partial charge in [-0.1, -0.05) is 24.1 Å². The molecule has 1 aromatic carbocycles. The molecular weight excluding hydrogens is 422 g/mol. The molecule has 1 aromatic heterocycles. The van der Waals surface area contributed by atoms with Gasteiger partial charge in [0.15, 0.2) is 0 Å². The largest absolute Gasteiger partial charge is 0.392 e. The lowest BCUT2D eigenvalue weighted by atomic mass is 9.54. The molecule has 5 rings (SSSR count). The van der Waals surface area contributed by atoms with Crippen molar-refractivity contribution in [1.29, 1.82) is 0 Å². The number of amides is 1. The number of benzene rings is 1. The number of fused-ring (bicyclic) bond motifs is 4. The van der Waals surface area contributed by atoms with Gasteiger partial charge in [0, 0.05) is 5.41 Å². The number of carbonyl (C=O) groups excluding carboxylic acids is 1. The summed E-state index contributed by atoms with van der Waals surface area (Å²) in [5, 5.41) is 4.49. The van der Waals surface area contributed by atoms with Gasteiger partial charge in [-0.05, 0) is 67.5 Å². The van der Waals surface area contributed by atoms with E-state index in [4.69, 9.17) is 5.73 Å². The predicted molar refractivity (Wildman–Crippen MR) is 111 cm³/mol. The lowest BCUT2D eigenvalue weighted by molar-refractivity contribution is -0.196. The molecule has 4 atom stereocenters. The molecular formula is C24H23F4N3O. The first-order valence-electron chi connectivity index (χ1n) is 10.7. The normalized spacial score (nSPS) is 29.3. The van der Waals surface area contributed by atoms with Crippen LogP contribution in [0.4, 0.5) is 17.6 Å². The standard InChI is InChI=1S/C24H23F4N3O/c1-23-11-13-12-30-31(16-5-3-15(25)4-6-16)20(13)10-14(23)2-7-17-18(23)8-9-19(24(26,27)28)21(17)22(29)32/h3-6,8,10,12,17,19,21H,2,7,9,11H2,1H3,(H2,29,32)/t17-,19+,21+,23-/m0/s1. The minimum Gasteiger partial charge on any atom is -0.369 e. The van der Waals surface area contributed by atoms with Crippen molar-refractivity contribution in [3.05, 3.63) is 64.8 Å². The van der Waals surface area contributed by atoms with Gasteiger partial charge in [-0.2, -0.15) is 18.3 Å². The Hall–Kier alpha value is -2.90. The van der Waals surface area contributed by atoms with E-state index >= 15 is 0 Å². The maximum atomic E-state index is 13.6. The van der Waals surface area contributed by atoms with Gasteiger partial charge in [0.05, 0.1) is 29.4 Å². The molecule has 0 radical (unpaired) electrons. The fraction of sp³-hybridized carbons (Fsp3) is 0.417. The lowest BCUT2D eigenvalue weighted by Crippen LogP contribution is -2.49. The number of allylic oxidation sites excluding steroid dienone is 3. The number of rotatable bonds is 2. The first-order valence-corrected chi connectivity index (χ1v) is 10.7. The van der Waals surface area contributed by atoms with E-state index < -0.39 is 35.3 Å². The molecule has 2 aromatic rings. The second-order valence-electron chi connectivity index (χ2n) is 9.24. The number of nitrogens with two attached hydrogens (primary N) is 1. The number of nitrogens with zero attached hydrogens (tertiary/aromatic N) is 2. The number of primary amides is 1. The van der Waals surface area contributed by atoms with Crippen molar-refractivity contribution < 1.29 is 22.4 Å². The molecule has 168 valence electrons. The number of aromatic nitrogens is 2. The van der Waals surface area contributed by atoms with Crippen LogP contribution in [0.25, 0.3) is 11.8 Å². The average molecular weight is 445 g/mol. The van der Waals surface area contributed by atoms with Crippen molar-refractivity contribution in [3.8, 4) is 5.69 Å². The summed E-state index contributed by atoms with van der Waals surface area (Å²) in [6, 6.07) is 6.07. The average Bonchev–Trinajstić information content (AvgIpc) is 3.13. The van der Waals surface area contributed by atoms with Crippen molar-refractivity contribution in [2.24, 2.45) is 28.9 Å². The Morgan fingerprint density at radius 3 is 2.62 bits per heavy atom. The molecule has 0 bridgehead atoms. The van der Waals surface area contributed by atoms with Crippen molar-refractivity contribution in [2.45, 2.75) is 38.8 Å². The van der Waals surface area contributed by atoms with Crippen LogP contribution < -0.4 is 5.73 Å². The monoisotopic (exact) mass is 445 g/mol. The maximum Gasteiger partial charge on any atom is 0.392 e. The Bertz CT molecular complexity index is 1140. The number of hydrogen-bond donors (Lipinski definition) is 1. The summed E-state index contributed by atoms with van der Waals surface area (Å²) in [7, 11) is 0. The minimum absolute atomic E-state index is 0.229. The van der Waals surface area contributed by atoms with E-state index in [2.05, 4.69) is 11.2 Å². The number of carbonyl (C=O) groups is 1. The summed E-state index contributed by atoms with van der Waals surface area (Å²) in [6.45, 7) is 2.04. The van der Waals surface area contributed by atoms with E-state index in [9.17, 15) is 22.4 Å². The summed E-state index contributed by atoms with van der Waals surface area (Å²) in [5.74, 6) is -4.69. The highest BCUT2D eigenvalue weighted by Crippen LogP contribution is 2.58. The third kappa shape index (κ3) is 3.11. The van der Waals surface area contributed by atoms with Gasteiger partial charge in [-0.3, -0.25) is 4.79 Å². The van der Waals surface area contributed by atoms with Crippen LogP contribution in [0.3, 0.4) is 0 Å². The van der Waals surface area contributed by atoms with Crippen LogP contribution in [0.15, 0.2) is 47.7 Å². The van der Waals surface area contributed by atoms with Crippen LogP contribution >= 0.6 is 0 Å². The molecule has 2 N–H and O–H groups in total. The molecule has 1 heterocycles. The van der Waals surface area contributed by atoms with Gasteiger partial charge in [0.2, 0.25) is 5.91 Å². The molecule has 4 nitrogen and oxygen atoms in total. The molecule has 1 fully saturated rings. The van der Waals surface area contributed by atoms with E-state index in [1.165, 1.54) is 12.1 Å². The van der Waals surface area contributed by atoms with Gasteiger partial charge in [0.1, 0.15) is 5.82 Å². The second-order valence-corrected chi connectivity index (χ2v) is 9.24. The fourth-order valence-corrected chi connectivity index (χ4v) is 5.96. The minimum atomic E-state index is -4.46. The maximum absolute atomic E-state index is 13.6. The Morgan fingerprint density at radius 1 is 1.25 bits per heavy atom. The summed E-state index contributed by atoms with van der Waals surface area (Å²) in [4.78, 5) is 12.2. The third-order valence-electron chi connectivity index (χ3n) is 7.49. The quantitative estimate of drug-likeness (QED) is 0.524. The second kappa shape index (κ2) is 7.05. The Balaban J connectivity index is 1.55. The highest BCUT2D eigenvalue weighted by atomic mass is 19.4. The molecule has 0 aliphatic heterocycles. The van der Waals surface area contributed by atoms with Crippen molar-refractivity contribution in [1.82, 2.24) is 9.78 Å². The fourth-order valence-electron chi connectivity index (χ4n) is 5.96.